The quantitative estimate of drug-likeness (QED) is 0.899. The Morgan fingerprint density at radius 1 is 1.33 bits per heavy atom. The number of benzene rings is 1. The summed E-state index contributed by atoms with van der Waals surface area (Å²) in [5.74, 6) is 0.456. The van der Waals surface area contributed by atoms with E-state index in [0.717, 1.165) is 6.07 Å². The molecule has 0 unspecified atom stereocenters. The maximum Gasteiger partial charge on any atom is 0.230 e. The van der Waals surface area contributed by atoms with E-state index in [0.29, 0.717) is 11.8 Å². The van der Waals surface area contributed by atoms with Crippen molar-refractivity contribution in [1.29, 1.82) is 5.26 Å². The van der Waals surface area contributed by atoms with Gasteiger partial charge < -0.3 is 15.4 Å². The maximum absolute atomic E-state index is 13.4. The van der Waals surface area contributed by atoms with Crippen LogP contribution >= 0.6 is 0 Å². The zero-order chi connectivity index (χ0) is 15.4. The fraction of sp³-hybridized carbons (Fsp3) is 0.231. The molecule has 0 aliphatic carbocycles. The third-order valence-electron chi connectivity index (χ3n) is 2.52. The molecule has 2 aromatic rings. The van der Waals surface area contributed by atoms with E-state index in [1.165, 1.54) is 12.1 Å². The van der Waals surface area contributed by atoms with E-state index < -0.39 is 5.82 Å². The van der Waals surface area contributed by atoms with Crippen LogP contribution in [0.4, 0.5) is 16.3 Å². The highest BCUT2D eigenvalue weighted by Crippen LogP contribution is 2.17. The van der Waals surface area contributed by atoms with Gasteiger partial charge >= 0.3 is 0 Å². The van der Waals surface area contributed by atoms with Gasteiger partial charge in [0, 0.05) is 20.2 Å². The highest BCUT2D eigenvalue weighted by Gasteiger charge is 2.08. The van der Waals surface area contributed by atoms with Crippen LogP contribution in [0, 0.1) is 17.1 Å². The van der Waals surface area contributed by atoms with Gasteiger partial charge in [0.05, 0.1) is 5.56 Å². The summed E-state index contributed by atoms with van der Waals surface area (Å²) >= 11 is 0. The van der Waals surface area contributed by atoms with Crippen LogP contribution in [0.2, 0.25) is 0 Å². The molecule has 0 fully saturated rings. The minimum Gasteiger partial charge on any atom is -0.486 e. The fourth-order valence-electron chi connectivity index (χ4n) is 1.51. The van der Waals surface area contributed by atoms with Crippen LogP contribution in [0.1, 0.15) is 11.4 Å². The van der Waals surface area contributed by atoms with E-state index in [4.69, 9.17) is 15.7 Å². The lowest BCUT2D eigenvalue weighted by atomic mass is 10.2. The van der Waals surface area contributed by atoms with Gasteiger partial charge in [-0.15, -0.1) is 0 Å². The van der Waals surface area contributed by atoms with Crippen LogP contribution in [-0.4, -0.2) is 29.0 Å². The molecule has 21 heavy (non-hydrogen) atoms. The fourth-order valence-corrected chi connectivity index (χ4v) is 1.51. The Hall–Kier alpha value is -2.95. The second-order valence-electron chi connectivity index (χ2n) is 4.35. The van der Waals surface area contributed by atoms with Crippen molar-refractivity contribution in [3.8, 4) is 11.8 Å². The number of aromatic nitrogens is 3. The molecule has 8 heteroatoms. The third-order valence-corrected chi connectivity index (χ3v) is 2.52. The molecule has 0 aliphatic heterocycles. The minimum atomic E-state index is -0.640. The van der Waals surface area contributed by atoms with Crippen LogP contribution in [0.15, 0.2) is 18.2 Å². The molecule has 0 saturated heterocycles. The highest BCUT2D eigenvalue weighted by molar-refractivity contribution is 5.36. The zero-order valence-corrected chi connectivity index (χ0v) is 11.5. The largest absolute Gasteiger partial charge is 0.486 e. The van der Waals surface area contributed by atoms with Gasteiger partial charge in [-0.25, -0.2) is 4.39 Å². The molecule has 1 aromatic carbocycles. The van der Waals surface area contributed by atoms with Gasteiger partial charge in [0.1, 0.15) is 24.2 Å². The van der Waals surface area contributed by atoms with E-state index in [1.807, 2.05) is 0 Å². The summed E-state index contributed by atoms with van der Waals surface area (Å²) < 4.78 is 18.8. The maximum atomic E-state index is 13.4. The van der Waals surface area contributed by atoms with Crippen LogP contribution in [0.25, 0.3) is 0 Å². The topological polar surface area (TPSA) is 101 Å². The monoisotopic (exact) mass is 288 g/mol. The number of nitriles is 1. The standard InChI is InChI=1S/C13H13FN6O/c1-20(2)13-18-11(17-12(16)19-13)7-21-9-4-3-8(6-15)10(14)5-9/h3-5H,7H2,1-2H3,(H2,16,17,18,19). The van der Waals surface area contributed by atoms with Crippen LogP contribution in [-0.2, 0) is 6.61 Å². The Balaban J connectivity index is 2.13. The number of nitrogens with zero attached hydrogens (tertiary/aromatic N) is 5. The van der Waals surface area contributed by atoms with E-state index in [2.05, 4.69) is 15.0 Å². The van der Waals surface area contributed by atoms with Crippen molar-refractivity contribution in [2.75, 3.05) is 24.7 Å². The molecule has 0 bridgehead atoms. The molecule has 1 aromatic heterocycles. The van der Waals surface area contributed by atoms with E-state index in [9.17, 15) is 4.39 Å². The van der Waals surface area contributed by atoms with E-state index >= 15 is 0 Å². The van der Waals surface area contributed by atoms with E-state index in [1.54, 1.807) is 25.1 Å². The Morgan fingerprint density at radius 3 is 2.71 bits per heavy atom. The number of nitrogens with two attached hydrogens (primary N) is 1. The minimum absolute atomic E-state index is 0.0128. The number of rotatable bonds is 4. The Kier molecular flexibility index (Phi) is 4.13. The van der Waals surface area contributed by atoms with Crippen molar-refractivity contribution in [3.63, 3.8) is 0 Å². The summed E-state index contributed by atoms with van der Waals surface area (Å²) in [4.78, 5) is 13.7. The highest BCUT2D eigenvalue weighted by atomic mass is 19.1. The Labute approximate surface area is 120 Å². The molecule has 7 nitrogen and oxygen atoms in total. The molecule has 0 amide bonds. The van der Waals surface area contributed by atoms with E-state index in [-0.39, 0.29) is 23.9 Å². The first kappa shape index (κ1) is 14.5. The predicted octanol–water partition coefficient (Wildman–Crippen LogP) is 1.11. The third kappa shape index (κ3) is 3.54. The van der Waals surface area contributed by atoms with Crippen molar-refractivity contribution >= 4 is 11.9 Å². The first-order chi connectivity index (χ1) is 9.99. The predicted molar refractivity (Wildman–Crippen MR) is 74.0 cm³/mol. The summed E-state index contributed by atoms with van der Waals surface area (Å²) in [7, 11) is 3.55. The van der Waals surface area contributed by atoms with Crippen molar-refractivity contribution in [3.05, 3.63) is 35.4 Å². The van der Waals surface area contributed by atoms with Crippen molar-refractivity contribution in [2.45, 2.75) is 6.61 Å². The van der Waals surface area contributed by atoms with Crippen LogP contribution in [0.5, 0.6) is 5.75 Å². The molecular weight excluding hydrogens is 275 g/mol. The van der Waals surface area contributed by atoms with Gasteiger partial charge in [0.15, 0.2) is 5.82 Å². The first-order valence-electron chi connectivity index (χ1n) is 6.00. The average Bonchev–Trinajstić information content (AvgIpc) is 2.44. The molecule has 0 aliphatic rings. The molecule has 2 N–H and O–H groups in total. The molecule has 0 saturated carbocycles. The normalized spacial score (nSPS) is 10.0. The Morgan fingerprint density at radius 2 is 2.10 bits per heavy atom. The molecule has 0 spiro atoms. The first-order valence-corrected chi connectivity index (χ1v) is 6.00. The molecule has 108 valence electrons. The summed E-state index contributed by atoms with van der Waals surface area (Å²) in [6, 6.07) is 5.72. The second kappa shape index (κ2) is 6.00. The average molecular weight is 288 g/mol. The molecule has 0 atom stereocenters. The number of halogens is 1. The summed E-state index contributed by atoms with van der Waals surface area (Å²) in [5.41, 5.74) is 5.55. The number of nitrogen functional groups attached to an aromatic ring is 1. The van der Waals surface area contributed by atoms with Gasteiger partial charge in [0.2, 0.25) is 11.9 Å². The van der Waals surface area contributed by atoms with Crippen molar-refractivity contribution in [1.82, 2.24) is 15.0 Å². The van der Waals surface area contributed by atoms with Crippen LogP contribution < -0.4 is 15.4 Å². The smallest absolute Gasteiger partial charge is 0.230 e. The molecule has 1 heterocycles. The Bertz CT molecular complexity index is 698. The number of hydrogen-bond donors (Lipinski definition) is 1. The lowest BCUT2D eigenvalue weighted by Crippen LogP contribution is -2.16. The number of anilines is 2. The summed E-state index contributed by atoms with van der Waals surface area (Å²) in [6.07, 6.45) is 0. The summed E-state index contributed by atoms with van der Waals surface area (Å²) in [6.45, 7) is 0.0128. The van der Waals surface area contributed by atoms with Crippen molar-refractivity contribution in [2.24, 2.45) is 0 Å². The second-order valence-corrected chi connectivity index (χ2v) is 4.35. The van der Waals surface area contributed by atoms with Gasteiger partial charge in [0.25, 0.3) is 0 Å². The van der Waals surface area contributed by atoms with Crippen molar-refractivity contribution < 1.29 is 9.13 Å². The molecule has 2 rings (SSSR count). The van der Waals surface area contributed by atoms with Crippen LogP contribution in [0.3, 0.4) is 0 Å². The lowest BCUT2D eigenvalue weighted by Gasteiger charge is -2.12. The van der Waals surface area contributed by atoms with Gasteiger partial charge in [-0.3, -0.25) is 0 Å². The molecular formula is C13H13FN6O. The van der Waals surface area contributed by atoms with Gasteiger partial charge in [-0.2, -0.15) is 20.2 Å². The van der Waals surface area contributed by atoms with Gasteiger partial charge in [-0.05, 0) is 12.1 Å². The SMILES string of the molecule is CN(C)c1nc(N)nc(COc2ccc(C#N)c(F)c2)n1. The van der Waals surface area contributed by atoms with Gasteiger partial charge in [-0.1, -0.05) is 0 Å². The number of hydrogen-bond acceptors (Lipinski definition) is 7. The lowest BCUT2D eigenvalue weighted by molar-refractivity contribution is 0.294. The summed E-state index contributed by atoms with van der Waals surface area (Å²) in [5, 5.41) is 8.65. The molecule has 0 radical (unpaired) electrons. The number of ether oxygens (including phenoxy) is 1. The zero-order valence-electron chi connectivity index (χ0n) is 11.5.